The van der Waals surface area contributed by atoms with Gasteiger partial charge in [0.1, 0.15) is 11.6 Å². The molecule has 2 N–H and O–H groups in total. The van der Waals surface area contributed by atoms with Crippen LogP contribution in [0.2, 0.25) is 0 Å². The van der Waals surface area contributed by atoms with Gasteiger partial charge in [0, 0.05) is 37.1 Å². The van der Waals surface area contributed by atoms with Crippen LogP contribution in [0.15, 0.2) is 36.5 Å². The molecule has 0 atom stereocenters. The largest absolute Gasteiger partial charge is 0.505 e. The van der Waals surface area contributed by atoms with Crippen LogP contribution in [0, 0.1) is 5.82 Å². The van der Waals surface area contributed by atoms with E-state index in [1.54, 1.807) is 6.07 Å². The molecule has 0 aliphatic carbocycles. The predicted octanol–water partition coefficient (Wildman–Crippen LogP) is 2.46. The van der Waals surface area contributed by atoms with E-state index in [1.807, 2.05) is 6.07 Å². The van der Waals surface area contributed by atoms with Gasteiger partial charge in [-0.3, -0.25) is 4.79 Å². The van der Waals surface area contributed by atoms with Gasteiger partial charge < -0.3 is 15.3 Å². The molecular weight excluding hydrogens is 297 g/mol. The molecule has 2 heterocycles. The molecule has 0 unspecified atom stereocenters. The van der Waals surface area contributed by atoms with Gasteiger partial charge >= 0.3 is 0 Å². The van der Waals surface area contributed by atoms with E-state index in [-0.39, 0.29) is 23.8 Å². The van der Waals surface area contributed by atoms with Crippen molar-refractivity contribution in [1.82, 2.24) is 10.3 Å². The quantitative estimate of drug-likeness (QED) is 0.909. The third kappa shape index (κ3) is 3.26. The lowest BCUT2D eigenvalue weighted by Gasteiger charge is -2.22. The SMILES string of the molecule is O=C(NCc1c(F)cccc1N1CCCC1)c1ncccc1O. The summed E-state index contributed by atoms with van der Waals surface area (Å²) in [5.41, 5.74) is 1.21. The minimum absolute atomic E-state index is 0.0490. The number of aromatic nitrogens is 1. The van der Waals surface area contributed by atoms with E-state index < -0.39 is 5.91 Å². The summed E-state index contributed by atoms with van der Waals surface area (Å²) >= 11 is 0. The number of rotatable bonds is 4. The molecule has 5 nitrogen and oxygen atoms in total. The maximum absolute atomic E-state index is 14.2. The molecular formula is C17H18FN3O2. The molecule has 0 spiro atoms. The lowest BCUT2D eigenvalue weighted by molar-refractivity contribution is 0.0942. The fourth-order valence-corrected chi connectivity index (χ4v) is 2.80. The van der Waals surface area contributed by atoms with Crippen LogP contribution in [0.4, 0.5) is 10.1 Å². The van der Waals surface area contributed by atoms with Crippen molar-refractivity contribution < 1.29 is 14.3 Å². The molecule has 0 bridgehead atoms. The highest BCUT2D eigenvalue weighted by Crippen LogP contribution is 2.26. The average Bonchev–Trinajstić information content (AvgIpc) is 3.08. The van der Waals surface area contributed by atoms with Crippen LogP contribution in [0.3, 0.4) is 0 Å². The van der Waals surface area contributed by atoms with Crippen molar-refractivity contribution in [2.75, 3.05) is 18.0 Å². The Kier molecular flexibility index (Phi) is 4.41. The Morgan fingerprint density at radius 3 is 2.78 bits per heavy atom. The standard InChI is InChI=1S/C17H18FN3O2/c18-13-5-3-6-14(21-9-1-2-10-21)12(13)11-20-17(23)16-15(22)7-4-8-19-16/h3-8,22H,1-2,9-11H2,(H,20,23). The maximum atomic E-state index is 14.2. The molecule has 1 aliphatic heterocycles. The molecule has 1 aliphatic rings. The van der Waals surface area contributed by atoms with Crippen LogP contribution in [0.5, 0.6) is 5.75 Å². The van der Waals surface area contributed by atoms with Crippen LogP contribution >= 0.6 is 0 Å². The number of aromatic hydroxyl groups is 1. The van der Waals surface area contributed by atoms with Gasteiger partial charge in [-0.2, -0.15) is 0 Å². The van der Waals surface area contributed by atoms with Crippen molar-refractivity contribution in [2.24, 2.45) is 0 Å². The maximum Gasteiger partial charge on any atom is 0.274 e. The van der Waals surface area contributed by atoms with Crippen molar-refractivity contribution in [1.29, 1.82) is 0 Å². The van der Waals surface area contributed by atoms with Gasteiger partial charge in [0.25, 0.3) is 5.91 Å². The number of hydrogen-bond donors (Lipinski definition) is 2. The second-order valence-electron chi connectivity index (χ2n) is 5.49. The van der Waals surface area contributed by atoms with Gasteiger partial charge in [-0.25, -0.2) is 9.37 Å². The number of amides is 1. The summed E-state index contributed by atoms with van der Waals surface area (Å²) in [7, 11) is 0. The Bertz CT molecular complexity index is 715. The zero-order valence-corrected chi connectivity index (χ0v) is 12.6. The Morgan fingerprint density at radius 1 is 1.26 bits per heavy atom. The highest BCUT2D eigenvalue weighted by atomic mass is 19.1. The summed E-state index contributed by atoms with van der Waals surface area (Å²) in [5, 5.41) is 12.3. The normalized spacial score (nSPS) is 14.0. The van der Waals surface area contributed by atoms with E-state index >= 15 is 0 Å². The molecule has 3 rings (SSSR count). The molecule has 0 radical (unpaired) electrons. The summed E-state index contributed by atoms with van der Waals surface area (Å²) in [6.07, 6.45) is 3.60. The molecule has 1 amide bonds. The lowest BCUT2D eigenvalue weighted by Crippen LogP contribution is -2.27. The summed E-state index contributed by atoms with van der Waals surface area (Å²) in [6.45, 7) is 1.84. The van der Waals surface area contributed by atoms with Crippen LogP contribution in [-0.2, 0) is 6.54 Å². The Morgan fingerprint density at radius 2 is 2.04 bits per heavy atom. The third-order valence-electron chi connectivity index (χ3n) is 3.97. The zero-order valence-electron chi connectivity index (χ0n) is 12.6. The van der Waals surface area contributed by atoms with Gasteiger partial charge in [-0.05, 0) is 37.1 Å². The van der Waals surface area contributed by atoms with E-state index in [4.69, 9.17) is 0 Å². The molecule has 1 fully saturated rings. The number of anilines is 1. The van der Waals surface area contributed by atoms with E-state index in [9.17, 15) is 14.3 Å². The highest BCUT2D eigenvalue weighted by molar-refractivity contribution is 5.94. The van der Waals surface area contributed by atoms with Crippen LogP contribution in [-0.4, -0.2) is 29.1 Å². The minimum atomic E-state index is -0.529. The van der Waals surface area contributed by atoms with Crippen molar-refractivity contribution in [2.45, 2.75) is 19.4 Å². The molecule has 120 valence electrons. The number of hydrogen-bond acceptors (Lipinski definition) is 4. The predicted molar refractivity (Wildman–Crippen MR) is 84.9 cm³/mol. The lowest BCUT2D eigenvalue weighted by atomic mass is 10.1. The summed E-state index contributed by atoms with van der Waals surface area (Å²) in [5.74, 6) is -1.07. The number of benzene rings is 1. The first kappa shape index (κ1) is 15.3. The molecule has 23 heavy (non-hydrogen) atoms. The van der Waals surface area contributed by atoms with Gasteiger partial charge in [0.15, 0.2) is 5.69 Å². The number of pyridine rings is 1. The van der Waals surface area contributed by atoms with Crippen molar-refractivity contribution in [3.05, 3.63) is 53.6 Å². The first-order valence-electron chi connectivity index (χ1n) is 7.61. The fraction of sp³-hybridized carbons (Fsp3) is 0.294. The fourth-order valence-electron chi connectivity index (χ4n) is 2.80. The van der Waals surface area contributed by atoms with Gasteiger partial charge in [0.05, 0.1) is 0 Å². The minimum Gasteiger partial charge on any atom is -0.505 e. The molecule has 1 aromatic carbocycles. The monoisotopic (exact) mass is 315 g/mol. The second-order valence-corrected chi connectivity index (χ2v) is 5.49. The average molecular weight is 315 g/mol. The molecule has 0 saturated carbocycles. The smallest absolute Gasteiger partial charge is 0.274 e. The first-order chi connectivity index (χ1) is 11.2. The van der Waals surface area contributed by atoms with E-state index in [0.29, 0.717) is 5.56 Å². The number of carbonyl (C=O) groups is 1. The second kappa shape index (κ2) is 6.64. The number of halogens is 1. The molecule has 1 aromatic heterocycles. The van der Waals surface area contributed by atoms with E-state index in [2.05, 4.69) is 15.2 Å². The molecule has 2 aromatic rings. The summed E-state index contributed by atoms with van der Waals surface area (Å²) < 4.78 is 14.2. The highest BCUT2D eigenvalue weighted by Gasteiger charge is 2.19. The Labute approximate surface area is 133 Å². The van der Waals surface area contributed by atoms with Crippen LogP contribution < -0.4 is 10.2 Å². The Hall–Kier alpha value is -2.63. The van der Waals surface area contributed by atoms with Crippen molar-refractivity contribution in [3.63, 3.8) is 0 Å². The van der Waals surface area contributed by atoms with Gasteiger partial charge in [-0.1, -0.05) is 6.07 Å². The summed E-state index contributed by atoms with van der Waals surface area (Å²) in [6, 6.07) is 7.86. The summed E-state index contributed by atoms with van der Waals surface area (Å²) in [4.78, 5) is 18.1. The number of carbonyl (C=O) groups excluding carboxylic acids is 1. The Balaban J connectivity index is 1.78. The number of nitrogens with zero attached hydrogens (tertiary/aromatic N) is 2. The third-order valence-corrected chi connectivity index (χ3v) is 3.97. The van der Waals surface area contributed by atoms with E-state index in [0.717, 1.165) is 31.6 Å². The zero-order chi connectivity index (χ0) is 16.2. The first-order valence-corrected chi connectivity index (χ1v) is 7.61. The van der Waals surface area contributed by atoms with Gasteiger partial charge in [0.2, 0.25) is 0 Å². The van der Waals surface area contributed by atoms with Gasteiger partial charge in [-0.15, -0.1) is 0 Å². The van der Waals surface area contributed by atoms with Crippen LogP contribution in [0.1, 0.15) is 28.9 Å². The van der Waals surface area contributed by atoms with Crippen molar-refractivity contribution in [3.8, 4) is 5.75 Å². The molecule has 1 saturated heterocycles. The van der Waals surface area contributed by atoms with E-state index in [1.165, 1.54) is 24.4 Å². The molecule has 6 heteroatoms. The number of nitrogens with one attached hydrogen (secondary N) is 1. The van der Waals surface area contributed by atoms with Crippen molar-refractivity contribution >= 4 is 11.6 Å². The topological polar surface area (TPSA) is 65.5 Å². The van der Waals surface area contributed by atoms with Crippen LogP contribution in [0.25, 0.3) is 0 Å².